The van der Waals surface area contributed by atoms with Crippen molar-refractivity contribution in [2.45, 2.75) is 33.2 Å². The Morgan fingerprint density at radius 3 is 2.70 bits per heavy atom. The minimum atomic E-state index is -0.0767. The number of fused-ring (bicyclic) bond motifs is 1. The molecule has 0 fully saturated rings. The molecule has 2 aromatic rings. The molecule has 0 aliphatic carbocycles. The van der Waals surface area contributed by atoms with Crippen molar-refractivity contribution in [2.24, 2.45) is 0 Å². The van der Waals surface area contributed by atoms with Gasteiger partial charge in [0.25, 0.3) is 5.91 Å². The molecule has 0 aromatic heterocycles. The highest BCUT2D eigenvalue weighted by Gasteiger charge is 2.25. The zero-order valence-electron chi connectivity index (χ0n) is 16.3. The van der Waals surface area contributed by atoms with Crippen LogP contribution in [0.1, 0.15) is 30.0 Å². The van der Waals surface area contributed by atoms with Crippen LogP contribution in [0.4, 0.5) is 17.1 Å². The summed E-state index contributed by atoms with van der Waals surface area (Å²) in [6.45, 7) is 6.90. The predicted molar refractivity (Wildman–Crippen MR) is 112 cm³/mol. The van der Waals surface area contributed by atoms with E-state index in [-0.39, 0.29) is 11.9 Å². The Kier molecular flexibility index (Phi) is 5.81. The lowest BCUT2D eigenvalue weighted by atomic mass is 10.0. The molecule has 3 N–H and O–H groups in total. The second-order valence-electron chi connectivity index (χ2n) is 6.89. The van der Waals surface area contributed by atoms with Crippen LogP contribution in [0.2, 0.25) is 0 Å². The number of nitrogens with one attached hydrogen (secondary N) is 3. The number of hydrogen-bond donors (Lipinski definition) is 3. The maximum atomic E-state index is 12.3. The fourth-order valence-electron chi connectivity index (χ4n) is 3.32. The highest BCUT2D eigenvalue weighted by molar-refractivity contribution is 6.32. The van der Waals surface area contributed by atoms with Crippen molar-refractivity contribution in [1.29, 1.82) is 0 Å². The first-order valence-electron chi connectivity index (χ1n) is 9.27. The Labute approximate surface area is 160 Å². The Morgan fingerprint density at radius 2 is 2.00 bits per heavy atom. The van der Waals surface area contributed by atoms with Gasteiger partial charge in [-0.25, -0.2) is 0 Å². The quantitative estimate of drug-likeness (QED) is 0.630. The van der Waals surface area contributed by atoms with Gasteiger partial charge in [0.05, 0.1) is 12.2 Å². The normalized spacial score (nSPS) is 15.4. The molecule has 2 aromatic carbocycles. The minimum Gasteiger partial charge on any atom is -0.383 e. The fourth-order valence-corrected chi connectivity index (χ4v) is 3.32. The van der Waals surface area contributed by atoms with Gasteiger partial charge in [0.2, 0.25) is 0 Å². The summed E-state index contributed by atoms with van der Waals surface area (Å²) < 4.78 is 5.25. The van der Waals surface area contributed by atoms with Crippen LogP contribution >= 0.6 is 0 Å². The molecule has 1 aliphatic heterocycles. The molecule has 3 rings (SSSR count). The van der Waals surface area contributed by atoms with Crippen LogP contribution in [0.3, 0.4) is 0 Å². The summed E-state index contributed by atoms with van der Waals surface area (Å²) in [7, 11) is 1.72. The van der Waals surface area contributed by atoms with Gasteiger partial charge in [-0.15, -0.1) is 0 Å². The molecule has 142 valence electrons. The van der Waals surface area contributed by atoms with Crippen molar-refractivity contribution in [3.05, 3.63) is 59.3 Å². The van der Waals surface area contributed by atoms with Crippen LogP contribution in [0.5, 0.6) is 0 Å². The fraction of sp³-hybridized carbons (Fsp3) is 0.318. The molecule has 1 atom stereocenters. The van der Waals surface area contributed by atoms with Gasteiger partial charge < -0.3 is 20.7 Å². The highest BCUT2D eigenvalue weighted by atomic mass is 16.5. The third-order valence-electron chi connectivity index (χ3n) is 4.86. The molecular formula is C22H27N3O2. The van der Waals surface area contributed by atoms with Gasteiger partial charge in [0, 0.05) is 42.0 Å². The van der Waals surface area contributed by atoms with E-state index >= 15 is 0 Å². The standard InChI is InChI=1S/C22H27N3O2/c1-5-16(13-27-4)24-19-10-9-17(11-15(19)3)23-12-18-21-14(2)7-6-8-20(21)25-22(18)26/h6-12,16,23-24H,5,13H2,1-4H3,(H,25,26). The van der Waals surface area contributed by atoms with E-state index in [1.54, 1.807) is 13.3 Å². The lowest BCUT2D eigenvalue weighted by Gasteiger charge is -2.19. The maximum Gasteiger partial charge on any atom is 0.257 e. The first-order chi connectivity index (χ1) is 13.0. The van der Waals surface area contributed by atoms with Crippen molar-refractivity contribution in [1.82, 2.24) is 0 Å². The number of ether oxygens (including phenoxy) is 1. The summed E-state index contributed by atoms with van der Waals surface area (Å²) in [6.07, 6.45) is 2.78. The molecule has 27 heavy (non-hydrogen) atoms. The molecule has 5 nitrogen and oxygen atoms in total. The summed E-state index contributed by atoms with van der Waals surface area (Å²) in [5.74, 6) is -0.0767. The van der Waals surface area contributed by atoms with Crippen molar-refractivity contribution in [2.75, 3.05) is 29.7 Å². The zero-order valence-corrected chi connectivity index (χ0v) is 16.3. The van der Waals surface area contributed by atoms with E-state index < -0.39 is 0 Å². The summed E-state index contributed by atoms with van der Waals surface area (Å²) >= 11 is 0. The van der Waals surface area contributed by atoms with Gasteiger partial charge in [-0.3, -0.25) is 4.79 Å². The van der Waals surface area contributed by atoms with Crippen LogP contribution in [0, 0.1) is 13.8 Å². The lowest BCUT2D eigenvalue weighted by molar-refractivity contribution is -0.110. The van der Waals surface area contributed by atoms with E-state index in [9.17, 15) is 4.79 Å². The summed E-state index contributed by atoms with van der Waals surface area (Å²) in [4.78, 5) is 12.3. The average Bonchev–Trinajstić information content (AvgIpc) is 2.97. The monoisotopic (exact) mass is 365 g/mol. The first kappa shape index (κ1) is 19.0. The average molecular weight is 365 g/mol. The second-order valence-corrected chi connectivity index (χ2v) is 6.89. The van der Waals surface area contributed by atoms with Gasteiger partial charge in [-0.1, -0.05) is 19.1 Å². The smallest absolute Gasteiger partial charge is 0.257 e. The molecule has 1 aliphatic rings. The molecule has 0 bridgehead atoms. The number of methoxy groups -OCH3 is 1. The molecular weight excluding hydrogens is 338 g/mol. The number of amides is 1. The summed E-state index contributed by atoms with van der Waals surface area (Å²) in [5, 5.41) is 9.70. The zero-order chi connectivity index (χ0) is 19.4. The maximum absolute atomic E-state index is 12.3. The van der Waals surface area contributed by atoms with Crippen LogP contribution in [0.25, 0.3) is 5.57 Å². The molecule has 5 heteroatoms. The molecule has 0 spiro atoms. The Bertz CT molecular complexity index is 874. The van der Waals surface area contributed by atoms with Gasteiger partial charge in [0.15, 0.2) is 0 Å². The predicted octanol–water partition coefficient (Wildman–Crippen LogP) is 4.55. The van der Waals surface area contributed by atoms with E-state index in [0.717, 1.165) is 40.2 Å². The van der Waals surface area contributed by atoms with Crippen LogP contribution in [0.15, 0.2) is 42.6 Å². The Hall–Kier alpha value is -2.79. The molecule has 1 unspecified atom stereocenters. The molecule has 0 saturated carbocycles. The molecule has 0 saturated heterocycles. The number of carbonyl (C=O) groups is 1. The number of carbonyl (C=O) groups excluding carboxylic acids is 1. The van der Waals surface area contributed by atoms with Gasteiger partial charge in [-0.2, -0.15) is 0 Å². The molecule has 0 radical (unpaired) electrons. The largest absolute Gasteiger partial charge is 0.383 e. The topological polar surface area (TPSA) is 62.4 Å². The lowest BCUT2D eigenvalue weighted by Crippen LogP contribution is -2.24. The molecule has 1 amide bonds. The van der Waals surface area contributed by atoms with E-state index in [0.29, 0.717) is 12.2 Å². The van der Waals surface area contributed by atoms with E-state index in [1.165, 1.54) is 0 Å². The number of hydrogen-bond acceptors (Lipinski definition) is 4. The van der Waals surface area contributed by atoms with E-state index in [2.05, 4.69) is 41.9 Å². The Balaban J connectivity index is 1.77. The van der Waals surface area contributed by atoms with E-state index in [1.807, 2.05) is 31.2 Å². The SMILES string of the molecule is CCC(COC)Nc1ccc(NC=C2C(=O)Nc3cccc(C)c32)cc1C. The van der Waals surface area contributed by atoms with Gasteiger partial charge in [0.1, 0.15) is 0 Å². The van der Waals surface area contributed by atoms with Crippen LogP contribution in [-0.4, -0.2) is 25.7 Å². The number of anilines is 3. The highest BCUT2D eigenvalue weighted by Crippen LogP contribution is 2.34. The van der Waals surface area contributed by atoms with Gasteiger partial charge >= 0.3 is 0 Å². The van der Waals surface area contributed by atoms with Crippen molar-refractivity contribution in [3.8, 4) is 0 Å². The number of benzene rings is 2. The van der Waals surface area contributed by atoms with Crippen molar-refractivity contribution in [3.63, 3.8) is 0 Å². The van der Waals surface area contributed by atoms with Crippen LogP contribution < -0.4 is 16.0 Å². The summed E-state index contributed by atoms with van der Waals surface area (Å²) in [6, 6.07) is 12.3. The van der Waals surface area contributed by atoms with Gasteiger partial charge in [-0.05, 0) is 55.7 Å². The number of rotatable bonds is 7. The second kappa shape index (κ2) is 8.27. The number of aryl methyl sites for hydroxylation is 2. The minimum absolute atomic E-state index is 0.0767. The van der Waals surface area contributed by atoms with Crippen molar-refractivity contribution < 1.29 is 9.53 Å². The molecule has 1 heterocycles. The summed E-state index contributed by atoms with van der Waals surface area (Å²) in [5.41, 5.74) is 6.76. The first-order valence-corrected chi connectivity index (χ1v) is 9.27. The van der Waals surface area contributed by atoms with Crippen LogP contribution in [-0.2, 0) is 9.53 Å². The Morgan fingerprint density at radius 1 is 1.19 bits per heavy atom. The van der Waals surface area contributed by atoms with E-state index in [4.69, 9.17) is 4.74 Å². The van der Waals surface area contributed by atoms with Crippen molar-refractivity contribution >= 4 is 28.5 Å². The third kappa shape index (κ3) is 4.14. The third-order valence-corrected chi connectivity index (χ3v) is 4.86.